The van der Waals surface area contributed by atoms with Gasteiger partial charge in [-0.15, -0.1) is 11.3 Å². The van der Waals surface area contributed by atoms with Gasteiger partial charge in [-0.2, -0.15) is 5.10 Å². The number of nitrogen functional groups attached to an aromatic ring is 1. The Hall–Kier alpha value is -1.73. The summed E-state index contributed by atoms with van der Waals surface area (Å²) in [5.74, 6) is 0.715. The number of anilines is 1. The highest BCUT2D eigenvalue weighted by Crippen LogP contribution is 2.26. The predicted molar refractivity (Wildman–Crippen MR) is 74.6 cm³/mol. The van der Waals surface area contributed by atoms with Gasteiger partial charge in [0.2, 0.25) is 0 Å². The van der Waals surface area contributed by atoms with E-state index in [-0.39, 0.29) is 0 Å². The van der Waals surface area contributed by atoms with Crippen LogP contribution in [0.15, 0.2) is 40.6 Å². The van der Waals surface area contributed by atoms with Crippen molar-refractivity contribution in [1.29, 1.82) is 0 Å². The van der Waals surface area contributed by atoms with Crippen molar-refractivity contribution in [2.24, 2.45) is 0 Å². The fourth-order valence-corrected chi connectivity index (χ4v) is 2.39. The highest BCUT2D eigenvalue weighted by molar-refractivity contribution is 9.10. The molecular formula is C11H8BrN5S. The fourth-order valence-electron chi connectivity index (χ4n) is 1.51. The highest BCUT2D eigenvalue weighted by atomic mass is 79.9. The van der Waals surface area contributed by atoms with Crippen LogP contribution in [0.5, 0.6) is 0 Å². The van der Waals surface area contributed by atoms with Crippen molar-refractivity contribution in [3.05, 3.63) is 40.6 Å². The third-order valence-electron chi connectivity index (χ3n) is 2.32. The number of pyridine rings is 1. The van der Waals surface area contributed by atoms with Crippen molar-refractivity contribution in [1.82, 2.24) is 19.7 Å². The van der Waals surface area contributed by atoms with Crippen LogP contribution in [0, 0.1) is 0 Å². The van der Waals surface area contributed by atoms with Crippen molar-refractivity contribution in [2.75, 3.05) is 5.73 Å². The average molecular weight is 322 g/mol. The quantitative estimate of drug-likeness (QED) is 0.787. The largest absolute Gasteiger partial charge is 0.396 e. The summed E-state index contributed by atoms with van der Waals surface area (Å²) < 4.78 is 2.57. The van der Waals surface area contributed by atoms with Crippen molar-refractivity contribution >= 4 is 33.0 Å². The molecule has 0 aliphatic carbocycles. The van der Waals surface area contributed by atoms with Crippen LogP contribution in [-0.4, -0.2) is 19.7 Å². The number of rotatable bonds is 2. The molecule has 2 N–H and O–H groups in total. The number of hydrogen-bond acceptors (Lipinski definition) is 5. The van der Waals surface area contributed by atoms with E-state index in [0.717, 1.165) is 9.48 Å². The molecule has 0 saturated heterocycles. The molecule has 0 aliphatic rings. The van der Waals surface area contributed by atoms with Gasteiger partial charge in [0.15, 0.2) is 5.82 Å². The van der Waals surface area contributed by atoms with Gasteiger partial charge >= 0.3 is 0 Å². The Kier molecular flexibility index (Phi) is 2.85. The van der Waals surface area contributed by atoms with Gasteiger partial charge in [-0.1, -0.05) is 0 Å². The van der Waals surface area contributed by atoms with Gasteiger partial charge in [0.1, 0.15) is 10.7 Å². The molecule has 7 heteroatoms. The Morgan fingerprint density at radius 1 is 1.28 bits per heavy atom. The normalized spacial score (nSPS) is 10.7. The van der Waals surface area contributed by atoms with Crippen molar-refractivity contribution in [3.8, 4) is 16.5 Å². The van der Waals surface area contributed by atoms with Gasteiger partial charge in [0.05, 0.1) is 11.9 Å². The van der Waals surface area contributed by atoms with E-state index >= 15 is 0 Å². The highest BCUT2D eigenvalue weighted by Gasteiger charge is 2.12. The Balaban J connectivity index is 2.05. The summed E-state index contributed by atoms with van der Waals surface area (Å²) in [7, 11) is 0. The Bertz CT molecular complexity index is 659. The van der Waals surface area contributed by atoms with Crippen molar-refractivity contribution < 1.29 is 0 Å². The van der Waals surface area contributed by atoms with Gasteiger partial charge in [-0.3, -0.25) is 0 Å². The zero-order valence-electron chi connectivity index (χ0n) is 9.12. The third kappa shape index (κ3) is 2.02. The first-order valence-corrected chi connectivity index (χ1v) is 6.78. The van der Waals surface area contributed by atoms with E-state index in [1.165, 1.54) is 11.3 Å². The molecule has 90 valence electrons. The van der Waals surface area contributed by atoms with E-state index in [4.69, 9.17) is 5.73 Å². The van der Waals surface area contributed by atoms with Crippen LogP contribution in [0.2, 0.25) is 0 Å². The third-order valence-corrected chi connectivity index (χ3v) is 3.57. The van der Waals surface area contributed by atoms with Crippen LogP contribution < -0.4 is 5.73 Å². The van der Waals surface area contributed by atoms with Crippen LogP contribution in [0.1, 0.15) is 0 Å². The zero-order valence-corrected chi connectivity index (χ0v) is 11.5. The maximum Gasteiger partial charge on any atom is 0.153 e. The van der Waals surface area contributed by atoms with E-state index in [2.05, 4.69) is 31.0 Å². The maximum atomic E-state index is 5.95. The van der Waals surface area contributed by atoms with Gasteiger partial charge in [0.25, 0.3) is 0 Å². The number of thiazole rings is 1. The lowest BCUT2D eigenvalue weighted by molar-refractivity contribution is 0.849. The lowest BCUT2D eigenvalue weighted by Crippen LogP contribution is -1.97. The molecule has 5 nitrogen and oxygen atoms in total. The Labute approximate surface area is 115 Å². The second kappa shape index (κ2) is 4.51. The number of halogens is 1. The second-order valence-electron chi connectivity index (χ2n) is 3.55. The molecule has 0 unspecified atom stereocenters. The van der Waals surface area contributed by atoms with Gasteiger partial charge in [-0.25, -0.2) is 14.6 Å². The van der Waals surface area contributed by atoms with E-state index in [9.17, 15) is 0 Å². The van der Waals surface area contributed by atoms with Gasteiger partial charge in [0, 0.05) is 22.2 Å². The molecular weight excluding hydrogens is 314 g/mol. The minimum Gasteiger partial charge on any atom is -0.396 e. The molecule has 3 rings (SSSR count). The molecule has 0 bridgehead atoms. The van der Waals surface area contributed by atoms with Crippen LogP contribution in [0.4, 0.5) is 5.69 Å². The van der Waals surface area contributed by atoms with Gasteiger partial charge < -0.3 is 5.73 Å². The Morgan fingerprint density at radius 2 is 2.17 bits per heavy atom. The Morgan fingerprint density at radius 3 is 2.83 bits per heavy atom. The monoisotopic (exact) mass is 321 g/mol. The topological polar surface area (TPSA) is 69.6 Å². The summed E-state index contributed by atoms with van der Waals surface area (Å²) >= 11 is 4.85. The van der Waals surface area contributed by atoms with Gasteiger partial charge in [-0.05, 0) is 28.1 Å². The molecule has 0 spiro atoms. The summed E-state index contributed by atoms with van der Waals surface area (Å²) in [5.41, 5.74) is 7.23. The smallest absolute Gasteiger partial charge is 0.153 e. The second-order valence-corrected chi connectivity index (χ2v) is 5.36. The number of aromatic nitrogens is 4. The minimum atomic E-state index is 0.592. The molecule has 0 amide bonds. The molecule has 0 radical (unpaired) electrons. The van der Waals surface area contributed by atoms with E-state index in [1.54, 1.807) is 23.3 Å². The summed E-state index contributed by atoms with van der Waals surface area (Å²) in [6.45, 7) is 0. The SMILES string of the molecule is Nc1cn(-c2ccc(Br)cn2)nc1-c1nccs1. The van der Waals surface area contributed by atoms with Crippen molar-refractivity contribution in [2.45, 2.75) is 0 Å². The lowest BCUT2D eigenvalue weighted by Gasteiger charge is -1.98. The van der Waals surface area contributed by atoms with Crippen molar-refractivity contribution in [3.63, 3.8) is 0 Å². The van der Waals surface area contributed by atoms with Crippen LogP contribution >= 0.6 is 27.3 Å². The number of nitrogens with zero attached hydrogens (tertiary/aromatic N) is 4. The first kappa shape index (κ1) is 11.4. The number of nitrogens with two attached hydrogens (primary N) is 1. The molecule has 0 atom stereocenters. The summed E-state index contributed by atoms with van der Waals surface area (Å²) in [5, 5.41) is 7.12. The lowest BCUT2D eigenvalue weighted by atomic mass is 10.4. The van der Waals surface area contributed by atoms with Crippen LogP contribution in [-0.2, 0) is 0 Å². The number of hydrogen-bond donors (Lipinski definition) is 1. The summed E-state index contributed by atoms with van der Waals surface area (Å²) in [4.78, 5) is 8.47. The standard InChI is InChI=1S/C11H8BrN5S/c12-7-1-2-9(15-5-7)17-6-8(13)10(16-17)11-14-3-4-18-11/h1-6H,13H2. The van der Waals surface area contributed by atoms with E-state index < -0.39 is 0 Å². The molecule has 0 aliphatic heterocycles. The first-order valence-electron chi connectivity index (χ1n) is 5.11. The molecule has 0 saturated carbocycles. The maximum absolute atomic E-state index is 5.95. The molecule has 0 fully saturated rings. The van der Waals surface area contributed by atoms with E-state index in [1.807, 2.05) is 17.5 Å². The molecule has 3 heterocycles. The summed E-state index contributed by atoms with van der Waals surface area (Å²) in [6, 6.07) is 3.77. The van der Waals surface area contributed by atoms with Crippen LogP contribution in [0.3, 0.4) is 0 Å². The predicted octanol–water partition coefficient (Wildman–Crippen LogP) is 2.74. The average Bonchev–Trinajstić information content (AvgIpc) is 2.99. The first-order chi connectivity index (χ1) is 8.74. The zero-order chi connectivity index (χ0) is 12.5. The molecule has 3 aromatic rings. The van der Waals surface area contributed by atoms with E-state index in [0.29, 0.717) is 17.2 Å². The minimum absolute atomic E-state index is 0.592. The van der Waals surface area contributed by atoms with Crippen LogP contribution in [0.25, 0.3) is 16.5 Å². The fraction of sp³-hybridized carbons (Fsp3) is 0. The molecule has 0 aromatic carbocycles. The molecule has 18 heavy (non-hydrogen) atoms. The molecule has 3 aromatic heterocycles. The summed E-state index contributed by atoms with van der Waals surface area (Å²) in [6.07, 6.45) is 5.19.